The molecule has 1 aromatic carbocycles. The van der Waals surface area contributed by atoms with Crippen LogP contribution >= 0.6 is 0 Å². The normalized spacial score (nSPS) is 10.1. The highest BCUT2D eigenvalue weighted by molar-refractivity contribution is 5.76. The molecule has 0 aliphatic heterocycles. The van der Waals surface area contributed by atoms with Gasteiger partial charge in [0.25, 0.3) is 0 Å². The van der Waals surface area contributed by atoms with Crippen molar-refractivity contribution in [3.63, 3.8) is 0 Å². The Morgan fingerprint density at radius 3 is 2.43 bits per heavy atom. The topological polar surface area (TPSA) is 67.9 Å². The molecule has 0 bridgehead atoms. The monoisotopic (exact) mass is 322 g/mol. The fourth-order valence-corrected chi connectivity index (χ4v) is 2.19. The largest absolute Gasteiger partial charge is 0.493 e. The number of amides is 2. The molecule has 0 radical (unpaired) electrons. The van der Waals surface area contributed by atoms with Crippen LogP contribution in [0.15, 0.2) is 18.2 Å². The van der Waals surface area contributed by atoms with Crippen molar-refractivity contribution >= 4 is 11.8 Å². The highest BCUT2D eigenvalue weighted by Crippen LogP contribution is 2.28. The van der Waals surface area contributed by atoms with Gasteiger partial charge >= 0.3 is 0 Å². The zero-order valence-electron chi connectivity index (χ0n) is 14.3. The van der Waals surface area contributed by atoms with Crippen molar-refractivity contribution < 1.29 is 19.1 Å². The molecular weight excluding hydrogens is 296 g/mol. The number of nitrogens with zero attached hydrogens (tertiary/aromatic N) is 1. The van der Waals surface area contributed by atoms with Gasteiger partial charge in [-0.2, -0.15) is 0 Å². The van der Waals surface area contributed by atoms with E-state index in [0.717, 1.165) is 12.0 Å². The summed E-state index contributed by atoms with van der Waals surface area (Å²) < 4.78 is 10.5. The molecule has 0 aliphatic rings. The Bertz CT molecular complexity index is 531. The number of hydrogen-bond acceptors (Lipinski definition) is 4. The number of hydrogen-bond donors (Lipinski definition) is 1. The quantitative estimate of drug-likeness (QED) is 0.755. The van der Waals surface area contributed by atoms with Crippen molar-refractivity contribution in [2.24, 2.45) is 0 Å². The number of nitrogens with one attached hydrogen (secondary N) is 1. The lowest BCUT2D eigenvalue weighted by Crippen LogP contribution is -2.37. The molecule has 0 unspecified atom stereocenters. The van der Waals surface area contributed by atoms with Gasteiger partial charge in [0.1, 0.15) is 0 Å². The van der Waals surface area contributed by atoms with Crippen LogP contribution in [0.2, 0.25) is 0 Å². The Labute approximate surface area is 137 Å². The lowest BCUT2D eigenvalue weighted by Gasteiger charge is -2.22. The summed E-state index contributed by atoms with van der Waals surface area (Å²) in [5, 5.41) is 2.82. The second kappa shape index (κ2) is 9.71. The first-order valence-corrected chi connectivity index (χ1v) is 7.74. The van der Waals surface area contributed by atoms with Crippen molar-refractivity contribution in [1.29, 1.82) is 0 Å². The van der Waals surface area contributed by atoms with Gasteiger partial charge in [0.05, 0.1) is 14.2 Å². The van der Waals surface area contributed by atoms with Gasteiger partial charge in [-0.1, -0.05) is 13.0 Å². The fourth-order valence-electron chi connectivity index (χ4n) is 2.19. The standard InChI is InChI=1S/C17H26N2O4/c1-5-6-17(21)18-9-10-19(13(2)20)12-14-7-8-15(22-3)16(11-14)23-4/h7-8,11H,5-6,9-10,12H2,1-4H3,(H,18,21). The first-order chi connectivity index (χ1) is 11.0. The summed E-state index contributed by atoms with van der Waals surface area (Å²) in [4.78, 5) is 24.9. The first kappa shape index (κ1) is 18.8. The van der Waals surface area contributed by atoms with Crippen LogP contribution in [0.25, 0.3) is 0 Å². The zero-order valence-corrected chi connectivity index (χ0v) is 14.3. The molecule has 0 saturated carbocycles. The average Bonchev–Trinajstić information content (AvgIpc) is 2.53. The van der Waals surface area contributed by atoms with Crippen molar-refractivity contribution in [3.8, 4) is 11.5 Å². The molecular formula is C17H26N2O4. The van der Waals surface area contributed by atoms with Crippen LogP contribution in [-0.4, -0.2) is 44.0 Å². The van der Waals surface area contributed by atoms with Crippen LogP contribution in [0.3, 0.4) is 0 Å². The molecule has 0 heterocycles. The van der Waals surface area contributed by atoms with Gasteiger partial charge in [-0.25, -0.2) is 0 Å². The average molecular weight is 322 g/mol. The predicted octanol–water partition coefficient (Wildman–Crippen LogP) is 1.97. The van der Waals surface area contributed by atoms with Gasteiger partial charge in [0.15, 0.2) is 11.5 Å². The Kier molecular flexibility index (Phi) is 7.94. The summed E-state index contributed by atoms with van der Waals surface area (Å²) >= 11 is 0. The second-order valence-electron chi connectivity index (χ2n) is 5.23. The minimum atomic E-state index is -0.0375. The van der Waals surface area contributed by atoms with E-state index < -0.39 is 0 Å². The van der Waals surface area contributed by atoms with Crippen molar-refractivity contribution in [2.75, 3.05) is 27.3 Å². The summed E-state index contributed by atoms with van der Waals surface area (Å²) in [5.41, 5.74) is 0.942. The second-order valence-corrected chi connectivity index (χ2v) is 5.23. The van der Waals surface area contributed by atoms with E-state index >= 15 is 0 Å². The lowest BCUT2D eigenvalue weighted by atomic mass is 10.2. The molecule has 2 amide bonds. The number of methoxy groups -OCH3 is 2. The molecule has 1 N–H and O–H groups in total. The summed E-state index contributed by atoms with van der Waals surface area (Å²) in [6.45, 7) is 4.86. The number of carbonyl (C=O) groups is 2. The van der Waals surface area contributed by atoms with Crippen LogP contribution in [0.1, 0.15) is 32.3 Å². The van der Waals surface area contributed by atoms with E-state index in [1.807, 2.05) is 25.1 Å². The van der Waals surface area contributed by atoms with E-state index in [2.05, 4.69) is 5.32 Å². The smallest absolute Gasteiger partial charge is 0.220 e. The Morgan fingerprint density at radius 1 is 1.17 bits per heavy atom. The van der Waals surface area contributed by atoms with Crippen LogP contribution in [0.4, 0.5) is 0 Å². The van der Waals surface area contributed by atoms with Gasteiger partial charge in [-0.3, -0.25) is 9.59 Å². The third-order valence-electron chi connectivity index (χ3n) is 3.45. The molecule has 0 spiro atoms. The minimum absolute atomic E-state index is 0.0159. The SMILES string of the molecule is CCCC(=O)NCCN(Cc1ccc(OC)c(OC)c1)C(C)=O. The molecule has 128 valence electrons. The third-order valence-corrected chi connectivity index (χ3v) is 3.45. The minimum Gasteiger partial charge on any atom is -0.493 e. The van der Waals surface area contributed by atoms with Gasteiger partial charge in [-0.15, -0.1) is 0 Å². The molecule has 0 saturated heterocycles. The maximum absolute atomic E-state index is 11.8. The van der Waals surface area contributed by atoms with E-state index in [0.29, 0.717) is 37.6 Å². The van der Waals surface area contributed by atoms with Gasteiger partial charge in [0.2, 0.25) is 11.8 Å². The van der Waals surface area contributed by atoms with Gasteiger partial charge in [-0.05, 0) is 24.1 Å². The van der Waals surface area contributed by atoms with Crippen LogP contribution < -0.4 is 14.8 Å². The van der Waals surface area contributed by atoms with Gasteiger partial charge in [0, 0.05) is 33.0 Å². The third kappa shape index (κ3) is 6.18. The zero-order chi connectivity index (χ0) is 17.2. The molecule has 0 aliphatic carbocycles. The van der Waals surface area contributed by atoms with Crippen molar-refractivity contribution in [3.05, 3.63) is 23.8 Å². The molecule has 23 heavy (non-hydrogen) atoms. The van der Waals surface area contributed by atoms with Crippen molar-refractivity contribution in [2.45, 2.75) is 33.2 Å². The van der Waals surface area contributed by atoms with Crippen LogP contribution in [0.5, 0.6) is 11.5 Å². The highest BCUT2D eigenvalue weighted by Gasteiger charge is 2.12. The van der Waals surface area contributed by atoms with Crippen molar-refractivity contribution in [1.82, 2.24) is 10.2 Å². The molecule has 0 aromatic heterocycles. The molecule has 1 aromatic rings. The molecule has 0 fully saturated rings. The van der Waals surface area contributed by atoms with E-state index in [4.69, 9.17) is 9.47 Å². The van der Waals surface area contributed by atoms with Crippen LogP contribution in [0, 0.1) is 0 Å². The molecule has 6 nitrogen and oxygen atoms in total. The molecule has 0 atom stereocenters. The number of rotatable bonds is 9. The molecule has 1 rings (SSSR count). The Hall–Kier alpha value is -2.24. The summed E-state index contributed by atoms with van der Waals surface area (Å²) in [6.07, 6.45) is 1.32. The van der Waals surface area contributed by atoms with Gasteiger partial charge < -0.3 is 19.7 Å². The summed E-state index contributed by atoms with van der Waals surface area (Å²) in [7, 11) is 3.16. The Morgan fingerprint density at radius 2 is 1.87 bits per heavy atom. The first-order valence-electron chi connectivity index (χ1n) is 7.74. The number of benzene rings is 1. The Balaban J connectivity index is 2.65. The predicted molar refractivity (Wildman–Crippen MR) is 88.6 cm³/mol. The van der Waals surface area contributed by atoms with Crippen LogP contribution in [-0.2, 0) is 16.1 Å². The fraction of sp³-hybridized carbons (Fsp3) is 0.529. The number of ether oxygens (including phenoxy) is 2. The van der Waals surface area contributed by atoms with E-state index in [9.17, 15) is 9.59 Å². The molecule has 6 heteroatoms. The summed E-state index contributed by atoms with van der Waals surface area (Å²) in [5.74, 6) is 1.26. The van der Waals surface area contributed by atoms with E-state index in [-0.39, 0.29) is 11.8 Å². The lowest BCUT2D eigenvalue weighted by molar-refractivity contribution is -0.130. The summed E-state index contributed by atoms with van der Waals surface area (Å²) in [6, 6.07) is 5.56. The van der Waals surface area contributed by atoms with E-state index in [1.54, 1.807) is 19.1 Å². The maximum Gasteiger partial charge on any atom is 0.220 e. The van der Waals surface area contributed by atoms with E-state index in [1.165, 1.54) is 6.92 Å². The maximum atomic E-state index is 11.8. The highest BCUT2D eigenvalue weighted by atomic mass is 16.5. The number of carbonyl (C=O) groups excluding carboxylic acids is 2.